The lowest BCUT2D eigenvalue weighted by Gasteiger charge is -2.28. The van der Waals surface area contributed by atoms with Gasteiger partial charge < -0.3 is 112 Å². The average molecular weight is 1300 g/mol. The molecular formula is C53H89N17O21. The van der Waals surface area contributed by atoms with Crippen LogP contribution in [-0.2, 0) is 76.7 Å². The smallest absolute Gasteiger partial charge is 0.326 e. The number of primary amides is 1. The molecule has 0 aromatic carbocycles. The first-order valence-corrected chi connectivity index (χ1v) is 29.1. The molecule has 13 amide bonds. The van der Waals surface area contributed by atoms with Crippen LogP contribution in [0.2, 0.25) is 0 Å². The fourth-order valence-corrected chi connectivity index (χ4v) is 8.51. The van der Waals surface area contributed by atoms with Gasteiger partial charge in [0.15, 0.2) is 5.96 Å². The van der Waals surface area contributed by atoms with Crippen molar-refractivity contribution in [2.24, 2.45) is 39.9 Å². The van der Waals surface area contributed by atoms with Crippen molar-refractivity contribution in [2.45, 2.75) is 166 Å². The molecule has 1 rings (SSSR count). The largest absolute Gasteiger partial charge is 0.481 e. The molecule has 0 aromatic heterocycles. The highest BCUT2D eigenvalue weighted by atomic mass is 16.4. The van der Waals surface area contributed by atoms with Crippen molar-refractivity contribution in [3.63, 3.8) is 0 Å². The molecule has 24 N–H and O–H groups in total. The van der Waals surface area contributed by atoms with Gasteiger partial charge in [-0.15, -0.1) is 0 Å². The van der Waals surface area contributed by atoms with E-state index in [0.29, 0.717) is 13.0 Å². The highest BCUT2D eigenvalue weighted by molar-refractivity contribution is 5.99. The molecule has 0 aromatic rings. The summed E-state index contributed by atoms with van der Waals surface area (Å²) in [5.74, 6) is -19.8. The number of aliphatic hydroxyl groups excluding tert-OH is 2. The number of amides is 13. The highest BCUT2D eigenvalue weighted by Gasteiger charge is 2.36. The summed E-state index contributed by atoms with van der Waals surface area (Å²) in [6.45, 7) is 5.36. The van der Waals surface area contributed by atoms with E-state index in [-0.39, 0.29) is 44.1 Å². The molecule has 38 nitrogen and oxygen atoms in total. The van der Waals surface area contributed by atoms with Crippen molar-refractivity contribution in [1.29, 1.82) is 0 Å². The Morgan fingerprint density at radius 3 is 1.43 bits per heavy atom. The van der Waals surface area contributed by atoms with Crippen LogP contribution in [0.1, 0.15) is 106 Å². The second-order valence-electron chi connectivity index (χ2n) is 22.0. The summed E-state index contributed by atoms with van der Waals surface area (Å²) in [6.07, 6.45) is -1.47. The molecule has 0 saturated carbocycles. The quantitative estimate of drug-likeness (QED) is 0.0153. The van der Waals surface area contributed by atoms with Crippen LogP contribution in [0.3, 0.4) is 0 Å². The van der Waals surface area contributed by atoms with E-state index in [9.17, 15) is 97.1 Å². The van der Waals surface area contributed by atoms with Crippen LogP contribution in [0.4, 0.5) is 0 Å². The first-order valence-electron chi connectivity index (χ1n) is 29.1. The summed E-state index contributed by atoms with van der Waals surface area (Å²) in [5, 5.41) is 78.2. The standard InChI is InChI=1S/C53H89N17O21/c1-7-26(6)42(51(89)66-32(52(90)91)18-40(79)80)70-48(86)30(16-24(2)3)63-37(75)19-59-44(82)34(23-72)68-47(85)29(12-13-39(77)78)62-36(74)21-61-50(88)41(25(4)5)69-49(87)31(17-35(54)73)64-38(76)20-60-43(81)33(22-71)67-46(84)28(11-9-15-58-53(55)56)65-45(83)27-10-8-14-57-27/h24-34,41-42,57,71-72H,7-23H2,1-6H3,(H2,54,73)(H,59,82)(H,60,81)(H,61,88)(H,62,74)(H,63,75)(H,64,76)(H,65,83)(H,66,89)(H,67,84)(H,68,85)(H,69,87)(H,70,86)(H,77,78)(H,79,80)(H,90,91)(H4,55,56,58)/t26-,27-,28-,29-,30-,31-,32-,33-,34-,41-,42-/m0/s1. The van der Waals surface area contributed by atoms with E-state index in [1.54, 1.807) is 27.7 Å². The fraction of sp³-hybridized carbons (Fsp3) is 0.679. The second-order valence-corrected chi connectivity index (χ2v) is 22.0. The van der Waals surface area contributed by atoms with E-state index in [4.69, 9.17) is 22.3 Å². The zero-order chi connectivity index (χ0) is 69.2. The molecule has 512 valence electrons. The number of rotatable bonds is 43. The molecule has 0 spiro atoms. The summed E-state index contributed by atoms with van der Waals surface area (Å²) in [6, 6.07) is -14.9. The minimum atomic E-state index is -1.85. The van der Waals surface area contributed by atoms with Gasteiger partial charge in [0.05, 0.1) is 51.7 Å². The Morgan fingerprint density at radius 1 is 0.516 bits per heavy atom. The molecule has 1 fully saturated rings. The molecular weight excluding hydrogens is 1210 g/mol. The number of carbonyl (C=O) groups is 16. The van der Waals surface area contributed by atoms with Crippen LogP contribution in [0.15, 0.2) is 4.99 Å². The fourth-order valence-electron chi connectivity index (χ4n) is 8.51. The molecule has 0 radical (unpaired) electrons. The van der Waals surface area contributed by atoms with Crippen LogP contribution in [0.25, 0.3) is 0 Å². The highest BCUT2D eigenvalue weighted by Crippen LogP contribution is 2.13. The van der Waals surface area contributed by atoms with E-state index in [0.717, 1.165) is 6.42 Å². The Morgan fingerprint density at radius 2 is 0.989 bits per heavy atom. The van der Waals surface area contributed by atoms with Gasteiger partial charge in [0.2, 0.25) is 76.8 Å². The van der Waals surface area contributed by atoms with E-state index in [1.807, 2.05) is 0 Å². The average Bonchev–Trinajstić information content (AvgIpc) is 1.75. The van der Waals surface area contributed by atoms with E-state index < -0.39 is 225 Å². The van der Waals surface area contributed by atoms with Gasteiger partial charge in [0.25, 0.3) is 0 Å². The maximum atomic E-state index is 13.5. The minimum absolute atomic E-state index is 0.0131. The number of guanidine groups is 1. The Labute approximate surface area is 522 Å². The van der Waals surface area contributed by atoms with Crippen LogP contribution >= 0.6 is 0 Å². The van der Waals surface area contributed by atoms with Crippen LogP contribution in [0, 0.1) is 17.8 Å². The lowest BCUT2D eigenvalue weighted by Crippen LogP contribution is -2.59. The molecule has 0 aliphatic carbocycles. The zero-order valence-corrected chi connectivity index (χ0v) is 51.5. The molecule has 1 aliphatic rings. The number of nitrogens with one attached hydrogen (secondary N) is 13. The van der Waals surface area contributed by atoms with Gasteiger partial charge in [-0.2, -0.15) is 0 Å². The van der Waals surface area contributed by atoms with Crippen molar-refractivity contribution < 1.29 is 102 Å². The van der Waals surface area contributed by atoms with Crippen LogP contribution < -0.4 is 86.3 Å². The third kappa shape index (κ3) is 31.1. The van der Waals surface area contributed by atoms with Gasteiger partial charge in [-0.05, 0) is 62.8 Å². The number of carboxylic acids is 3. The number of aliphatic hydroxyl groups is 2. The maximum Gasteiger partial charge on any atom is 0.326 e. The number of hydrogen-bond donors (Lipinski definition) is 21. The van der Waals surface area contributed by atoms with Crippen molar-refractivity contribution in [3.05, 3.63) is 0 Å². The van der Waals surface area contributed by atoms with Crippen LogP contribution in [-0.4, -0.2) is 233 Å². The SMILES string of the molecule is CC[C@H](C)[C@H](NC(=O)[C@H](CC(C)C)NC(=O)CNC(=O)[C@H](CO)NC(=O)[C@H](CCC(=O)O)NC(=O)CNC(=O)[C@@H](NC(=O)[C@H](CC(N)=O)NC(=O)CNC(=O)[C@H](CO)NC(=O)[C@H](CCCN=C(N)N)NC(=O)[C@@H]1CCCN1)C(C)C)C(=O)N[C@@H](CC(=O)O)C(=O)O. The lowest BCUT2D eigenvalue weighted by molar-refractivity contribution is -0.147. The van der Waals surface area contributed by atoms with E-state index >= 15 is 0 Å². The zero-order valence-electron chi connectivity index (χ0n) is 51.5. The third-order valence-electron chi connectivity index (χ3n) is 13.6. The number of carbonyl (C=O) groups excluding carboxylic acids is 13. The molecule has 1 heterocycles. The summed E-state index contributed by atoms with van der Waals surface area (Å²) in [5.41, 5.74) is 16.1. The van der Waals surface area contributed by atoms with E-state index in [1.165, 1.54) is 13.8 Å². The van der Waals surface area contributed by atoms with Gasteiger partial charge in [-0.3, -0.25) is 76.9 Å². The summed E-state index contributed by atoms with van der Waals surface area (Å²) in [7, 11) is 0. The predicted molar refractivity (Wildman–Crippen MR) is 316 cm³/mol. The first-order chi connectivity index (χ1) is 42.6. The molecule has 1 saturated heterocycles. The second kappa shape index (κ2) is 41.1. The monoisotopic (exact) mass is 1300 g/mol. The Kier molecular flexibility index (Phi) is 36.0. The maximum absolute atomic E-state index is 13.5. The normalized spacial score (nSPS) is 15.9. The third-order valence-corrected chi connectivity index (χ3v) is 13.6. The Balaban J connectivity index is 3.05. The minimum Gasteiger partial charge on any atom is -0.481 e. The van der Waals surface area contributed by atoms with Crippen molar-refractivity contribution in [2.75, 3.05) is 45.9 Å². The van der Waals surface area contributed by atoms with Crippen molar-refractivity contribution in [1.82, 2.24) is 69.1 Å². The van der Waals surface area contributed by atoms with Gasteiger partial charge in [0.1, 0.15) is 54.4 Å². The number of carboxylic acid groups (broad SMARTS) is 3. The summed E-state index contributed by atoms with van der Waals surface area (Å²) < 4.78 is 0. The number of nitrogens with two attached hydrogens (primary N) is 3. The Hall–Kier alpha value is -9.33. The van der Waals surface area contributed by atoms with Crippen LogP contribution in [0.5, 0.6) is 0 Å². The molecule has 11 atom stereocenters. The summed E-state index contributed by atoms with van der Waals surface area (Å²) >= 11 is 0. The van der Waals surface area contributed by atoms with E-state index in [2.05, 4.69) is 74.1 Å². The number of hydrogen-bond acceptors (Lipinski definition) is 20. The van der Waals surface area contributed by atoms with Gasteiger partial charge >= 0.3 is 17.9 Å². The Bertz CT molecular complexity index is 2620. The lowest BCUT2D eigenvalue weighted by atomic mass is 9.96. The predicted octanol–water partition coefficient (Wildman–Crippen LogP) is -9.46. The van der Waals surface area contributed by atoms with Crippen molar-refractivity contribution in [3.8, 4) is 0 Å². The molecule has 91 heavy (non-hydrogen) atoms. The molecule has 1 aliphatic heterocycles. The van der Waals surface area contributed by atoms with Crippen molar-refractivity contribution >= 4 is 101 Å². The number of aliphatic imine (C=N–C) groups is 1. The first kappa shape index (κ1) is 79.7. The topological polar surface area (TPSA) is 621 Å². The number of nitrogens with zero attached hydrogens (tertiary/aromatic N) is 1. The number of aliphatic carboxylic acids is 3. The van der Waals surface area contributed by atoms with Gasteiger partial charge in [-0.1, -0.05) is 48.0 Å². The van der Waals surface area contributed by atoms with Gasteiger partial charge in [0, 0.05) is 13.0 Å². The molecule has 0 bridgehead atoms. The molecule has 38 heteroatoms. The summed E-state index contributed by atoms with van der Waals surface area (Å²) in [4.78, 5) is 209. The van der Waals surface area contributed by atoms with Gasteiger partial charge in [-0.25, -0.2) is 4.79 Å². The molecule has 0 unspecified atom stereocenters.